The van der Waals surface area contributed by atoms with Gasteiger partial charge >= 0.3 is 0 Å². The van der Waals surface area contributed by atoms with Crippen molar-refractivity contribution in [1.29, 1.82) is 0 Å². The zero-order chi connectivity index (χ0) is 28.2. The zero-order valence-corrected chi connectivity index (χ0v) is 22.9. The first-order valence-electron chi connectivity index (χ1n) is 12.7. The van der Waals surface area contributed by atoms with Crippen molar-refractivity contribution in [3.8, 4) is 34.4 Å². The van der Waals surface area contributed by atoms with Crippen molar-refractivity contribution in [3.63, 3.8) is 0 Å². The van der Waals surface area contributed by atoms with Crippen LogP contribution in [0.25, 0.3) is 11.4 Å². The molecule has 4 aromatic rings. The van der Waals surface area contributed by atoms with E-state index in [-0.39, 0.29) is 5.91 Å². The number of pyridine rings is 1. The summed E-state index contributed by atoms with van der Waals surface area (Å²) in [5.74, 6) is 2.76. The number of benzene rings is 2. The summed E-state index contributed by atoms with van der Waals surface area (Å²) in [4.78, 5) is 22.6. The van der Waals surface area contributed by atoms with Crippen LogP contribution in [-0.2, 0) is 4.79 Å². The molecular formula is C29H30N6O5. The van der Waals surface area contributed by atoms with Crippen molar-refractivity contribution >= 4 is 17.5 Å². The van der Waals surface area contributed by atoms with Gasteiger partial charge in [0.1, 0.15) is 11.8 Å². The molecule has 1 atom stereocenters. The third-order valence-corrected chi connectivity index (χ3v) is 6.44. The average molecular weight is 543 g/mol. The van der Waals surface area contributed by atoms with Crippen LogP contribution in [0, 0.1) is 0 Å². The molecule has 40 heavy (non-hydrogen) atoms. The van der Waals surface area contributed by atoms with Gasteiger partial charge in [-0.05, 0) is 67.9 Å². The molecule has 0 saturated carbocycles. The number of anilines is 2. The fraction of sp³-hybridized carbons (Fsp3) is 0.241. The molecule has 3 heterocycles. The lowest BCUT2D eigenvalue weighted by molar-refractivity contribution is -0.113. The van der Waals surface area contributed by atoms with Gasteiger partial charge in [0.2, 0.25) is 11.7 Å². The van der Waals surface area contributed by atoms with E-state index >= 15 is 0 Å². The number of nitrogens with one attached hydrogen (secondary N) is 2. The first-order chi connectivity index (χ1) is 19.5. The Morgan fingerprint density at radius 3 is 2.38 bits per heavy atom. The van der Waals surface area contributed by atoms with Crippen LogP contribution < -0.4 is 29.6 Å². The largest absolute Gasteiger partial charge is 0.494 e. The molecule has 11 heteroatoms. The molecule has 1 aliphatic heterocycles. The summed E-state index contributed by atoms with van der Waals surface area (Å²) in [6, 6.07) is 14.0. The SMILES string of the molecule is CCOc1ccc(-c2nc3n(n2)C(c2cc(OC)c(OC)c(OC)c2)C(C(=O)Nc2cccnc2)=C(C)N3)cc1. The van der Waals surface area contributed by atoms with E-state index in [4.69, 9.17) is 29.0 Å². The first-order valence-corrected chi connectivity index (χ1v) is 12.7. The van der Waals surface area contributed by atoms with Crippen LogP contribution in [0.4, 0.5) is 11.6 Å². The van der Waals surface area contributed by atoms with Crippen LogP contribution in [0.5, 0.6) is 23.0 Å². The third kappa shape index (κ3) is 5.00. The first kappa shape index (κ1) is 26.5. The molecule has 0 bridgehead atoms. The number of fused-ring (bicyclic) bond motifs is 1. The van der Waals surface area contributed by atoms with E-state index in [9.17, 15) is 4.79 Å². The highest BCUT2D eigenvalue weighted by molar-refractivity contribution is 6.06. The summed E-state index contributed by atoms with van der Waals surface area (Å²) in [6.07, 6.45) is 3.23. The van der Waals surface area contributed by atoms with Gasteiger partial charge in [-0.1, -0.05) is 0 Å². The molecule has 206 valence electrons. The average Bonchev–Trinajstić information content (AvgIpc) is 3.40. The molecule has 0 saturated heterocycles. The second-order valence-corrected chi connectivity index (χ2v) is 8.88. The molecule has 2 N–H and O–H groups in total. The Bertz CT molecular complexity index is 1520. The molecular weight excluding hydrogens is 512 g/mol. The molecule has 2 aromatic carbocycles. The number of allylic oxidation sites excluding steroid dienone is 1. The maximum atomic E-state index is 13.8. The van der Waals surface area contributed by atoms with Gasteiger partial charge in [-0.3, -0.25) is 9.78 Å². The predicted molar refractivity (Wildman–Crippen MR) is 150 cm³/mol. The summed E-state index contributed by atoms with van der Waals surface area (Å²) >= 11 is 0. The van der Waals surface area contributed by atoms with E-state index in [0.29, 0.717) is 58.1 Å². The molecule has 0 radical (unpaired) electrons. The van der Waals surface area contributed by atoms with Crippen LogP contribution in [0.1, 0.15) is 25.5 Å². The number of carbonyl (C=O) groups is 1. The molecule has 5 rings (SSSR count). The monoisotopic (exact) mass is 542 g/mol. The molecule has 0 aliphatic carbocycles. The van der Waals surface area contributed by atoms with Gasteiger partial charge < -0.3 is 29.6 Å². The number of aromatic nitrogens is 4. The van der Waals surface area contributed by atoms with Crippen molar-refractivity contribution in [2.45, 2.75) is 19.9 Å². The number of hydrogen-bond acceptors (Lipinski definition) is 9. The Kier molecular flexibility index (Phi) is 7.54. The quantitative estimate of drug-likeness (QED) is 0.310. The normalized spacial score (nSPS) is 14.2. The van der Waals surface area contributed by atoms with E-state index in [1.807, 2.05) is 50.2 Å². The minimum Gasteiger partial charge on any atom is -0.494 e. The maximum Gasteiger partial charge on any atom is 0.255 e. The topological polar surface area (TPSA) is 122 Å². The maximum absolute atomic E-state index is 13.8. The van der Waals surface area contributed by atoms with Crippen LogP contribution in [0.3, 0.4) is 0 Å². The number of amides is 1. The minimum absolute atomic E-state index is 0.319. The van der Waals surface area contributed by atoms with E-state index in [0.717, 1.165) is 11.3 Å². The van der Waals surface area contributed by atoms with Crippen molar-refractivity contribution in [1.82, 2.24) is 19.7 Å². The molecule has 0 spiro atoms. The second-order valence-electron chi connectivity index (χ2n) is 8.88. The number of carbonyl (C=O) groups excluding carboxylic acids is 1. The number of hydrogen-bond donors (Lipinski definition) is 2. The number of nitrogens with zero attached hydrogens (tertiary/aromatic N) is 4. The second kappa shape index (κ2) is 11.4. The summed E-state index contributed by atoms with van der Waals surface area (Å²) in [7, 11) is 4.64. The van der Waals surface area contributed by atoms with E-state index < -0.39 is 6.04 Å². The number of rotatable bonds is 9. The van der Waals surface area contributed by atoms with Crippen LogP contribution in [0.15, 0.2) is 72.2 Å². The van der Waals surface area contributed by atoms with Crippen LogP contribution >= 0.6 is 0 Å². The van der Waals surface area contributed by atoms with Crippen LogP contribution in [-0.4, -0.2) is 53.6 Å². The lowest BCUT2D eigenvalue weighted by Crippen LogP contribution is -2.31. The molecule has 0 fully saturated rings. The number of methoxy groups -OCH3 is 3. The fourth-order valence-electron chi connectivity index (χ4n) is 4.64. The Morgan fingerprint density at radius 2 is 1.77 bits per heavy atom. The predicted octanol–water partition coefficient (Wildman–Crippen LogP) is 4.69. The lowest BCUT2D eigenvalue weighted by atomic mass is 9.94. The zero-order valence-electron chi connectivity index (χ0n) is 22.9. The van der Waals surface area contributed by atoms with Crippen molar-refractivity contribution in [3.05, 3.63) is 77.8 Å². The summed E-state index contributed by atoms with van der Waals surface area (Å²) < 4.78 is 24.0. The molecule has 2 aromatic heterocycles. The van der Waals surface area contributed by atoms with E-state index in [2.05, 4.69) is 15.6 Å². The lowest BCUT2D eigenvalue weighted by Gasteiger charge is -2.29. The van der Waals surface area contributed by atoms with Gasteiger partial charge in [0.25, 0.3) is 5.91 Å². The van der Waals surface area contributed by atoms with Gasteiger partial charge in [-0.25, -0.2) is 4.68 Å². The van der Waals surface area contributed by atoms with Gasteiger partial charge in [0.15, 0.2) is 17.3 Å². The van der Waals surface area contributed by atoms with Crippen LogP contribution in [0.2, 0.25) is 0 Å². The minimum atomic E-state index is -0.675. The molecule has 1 aliphatic rings. The Morgan fingerprint density at radius 1 is 1.05 bits per heavy atom. The smallest absolute Gasteiger partial charge is 0.255 e. The van der Waals surface area contributed by atoms with Gasteiger partial charge in [-0.15, -0.1) is 5.10 Å². The van der Waals surface area contributed by atoms with Crippen molar-refractivity contribution in [2.75, 3.05) is 38.6 Å². The van der Waals surface area contributed by atoms with Gasteiger partial charge in [0, 0.05) is 17.5 Å². The highest BCUT2D eigenvalue weighted by atomic mass is 16.5. The Balaban J connectivity index is 1.64. The molecule has 1 amide bonds. The van der Waals surface area contributed by atoms with E-state index in [1.165, 1.54) is 0 Å². The Hall–Kier alpha value is -5.06. The van der Waals surface area contributed by atoms with Crippen molar-refractivity contribution in [2.24, 2.45) is 0 Å². The standard InChI is InChI=1S/C29H30N6O5/c1-6-40-21-11-9-18(10-12-21)27-33-29-31-17(2)24(28(36)32-20-8-7-13-30-16-20)25(35(29)34-27)19-14-22(37-3)26(39-5)23(15-19)38-4/h7-16,25H,6H2,1-5H3,(H,32,36)(H,31,33,34). The Labute approximate surface area is 231 Å². The number of ether oxygens (including phenoxy) is 4. The molecule has 11 nitrogen and oxygen atoms in total. The van der Waals surface area contributed by atoms with Gasteiger partial charge in [-0.2, -0.15) is 4.98 Å². The molecule has 1 unspecified atom stereocenters. The summed E-state index contributed by atoms with van der Waals surface area (Å²) in [6.45, 7) is 4.34. The van der Waals surface area contributed by atoms with Gasteiger partial charge in [0.05, 0.1) is 45.4 Å². The van der Waals surface area contributed by atoms with Crippen molar-refractivity contribution < 1.29 is 23.7 Å². The fourth-order valence-corrected chi connectivity index (χ4v) is 4.64. The highest BCUT2D eigenvalue weighted by Gasteiger charge is 2.36. The summed E-state index contributed by atoms with van der Waals surface area (Å²) in [5, 5.41) is 11.1. The third-order valence-electron chi connectivity index (χ3n) is 6.44. The van der Waals surface area contributed by atoms with E-state index in [1.54, 1.807) is 50.5 Å². The summed E-state index contributed by atoms with van der Waals surface area (Å²) in [5.41, 5.74) is 3.12. The highest BCUT2D eigenvalue weighted by Crippen LogP contribution is 2.44.